The van der Waals surface area contributed by atoms with E-state index in [0.29, 0.717) is 0 Å². The molecule has 6 N–H and O–H groups in total. The third-order valence-electron chi connectivity index (χ3n) is 2.53. The Balaban J connectivity index is 4.74. The van der Waals surface area contributed by atoms with Crippen molar-refractivity contribution in [2.24, 2.45) is 5.73 Å². The highest BCUT2D eigenvalue weighted by Crippen LogP contribution is 1.98. The largest absolute Gasteiger partial charge is 0.480 e. The number of carboxylic acid groups (broad SMARTS) is 2. The quantitative estimate of drug-likeness (QED) is 0.270. The number of hydrogen-bond acceptors (Lipinski definition) is 7. The van der Waals surface area contributed by atoms with Gasteiger partial charge in [-0.3, -0.25) is 19.2 Å². The second-order valence-electron chi connectivity index (χ2n) is 4.81. The van der Waals surface area contributed by atoms with Gasteiger partial charge >= 0.3 is 11.9 Å². The summed E-state index contributed by atoms with van der Waals surface area (Å²) >= 11 is 0. The van der Waals surface area contributed by atoms with E-state index in [1.54, 1.807) is 0 Å². The predicted molar refractivity (Wildman–Crippen MR) is 77.1 cm³/mol. The van der Waals surface area contributed by atoms with Crippen molar-refractivity contribution in [2.75, 3.05) is 18.6 Å². The lowest BCUT2D eigenvalue weighted by atomic mass is 10.1. The minimum Gasteiger partial charge on any atom is -0.480 e. The lowest BCUT2D eigenvalue weighted by Gasteiger charge is -2.17. The Morgan fingerprint density at radius 3 is 2.17 bits per heavy atom. The maximum atomic E-state index is 11.7. The van der Waals surface area contributed by atoms with Gasteiger partial charge in [-0.1, -0.05) is 0 Å². The van der Waals surface area contributed by atoms with Crippen molar-refractivity contribution >= 4 is 33.6 Å². The molecule has 0 radical (unpaired) electrons. The van der Waals surface area contributed by atoms with Crippen LogP contribution >= 0.6 is 0 Å². The zero-order valence-electron chi connectivity index (χ0n) is 12.3. The summed E-state index contributed by atoms with van der Waals surface area (Å²) in [4.78, 5) is 44.3. The van der Waals surface area contributed by atoms with Crippen molar-refractivity contribution in [3.63, 3.8) is 0 Å². The Bertz CT molecular complexity index is 574. The average Bonchev–Trinajstić information content (AvgIpc) is 2.39. The SMILES string of the molecule is CS(=O)(=O)C[C@H](NC(=O)CCC(N)C(=O)O)C(=O)NCC(=O)O. The fraction of sp³-hybridized carbons (Fsp3) is 0.636. The molecule has 0 aromatic carbocycles. The van der Waals surface area contributed by atoms with Crippen LogP contribution in [-0.4, -0.2) is 73.0 Å². The van der Waals surface area contributed by atoms with Gasteiger partial charge in [0, 0.05) is 12.7 Å². The fourth-order valence-corrected chi connectivity index (χ4v) is 2.29. The number of hydrogen-bond donors (Lipinski definition) is 5. The molecule has 0 aromatic heterocycles. The first-order chi connectivity index (χ1) is 10.4. The molecule has 2 amide bonds. The molecule has 0 rings (SSSR count). The first-order valence-corrected chi connectivity index (χ1v) is 8.43. The Morgan fingerprint density at radius 1 is 1.17 bits per heavy atom. The van der Waals surface area contributed by atoms with Crippen molar-refractivity contribution in [3.05, 3.63) is 0 Å². The van der Waals surface area contributed by atoms with E-state index < -0.39 is 58.0 Å². The molecule has 0 saturated carbocycles. The van der Waals surface area contributed by atoms with Gasteiger partial charge in [-0.05, 0) is 6.42 Å². The average molecular weight is 353 g/mol. The summed E-state index contributed by atoms with van der Waals surface area (Å²) in [5.74, 6) is -5.12. The van der Waals surface area contributed by atoms with Gasteiger partial charge in [-0.25, -0.2) is 8.42 Å². The highest BCUT2D eigenvalue weighted by molar-refractivity contribution is 7.90. The summed E-state index contributed by atoms with van der Waals surface area (Å²) in [5.41, 5.74) is 5.22. The number of carboxylic acids is 2. The molecule has 23 heavy (non-hydrogen) atoms. The zero-order valence-corrected chi connectivity index (χ0v) is 13.1. The Kier molecular flexibility index (Phi) is 8.18. The van der Waals surface area contributed by atoms with Crippen LogP contribution in [0.5, 0.6) is 0 Å². The molecule has 0 saturated heterocycles. The lowest BCUT2D eigenvalue weighted by Crippen LogP contribution is -2.51. The Hall–Kier alpha value is -2.21. The van der Waals surface area contributed by atoms with Crippen LogP contribution in [0.1, 0.15) is 12.8 Å². The van der Waals surface area contributed by atoms with Crippen molar-refractivity contribution in [1.29, 1.82) is 0 Å². The van der Waals surface area contributed by atoms with Gasteiger partial charge in [0.1, 0.15) is 28.5 Å². The number of sulfone groups is 1. The number of amides is 2. The minimum absolute atomic E-state index is 0.205. The molecule has 0 fully saturated rings. The Morgan fingerprint density at radius 2 is 1.74 bits per heavy atom. The van der Waals surface area contributed by atoms with Crippen LogP contribution in [0, 0.1) is 0 Å². The van der Waals surface area contributed by atoms with Gasteiger partial charge in [-0.2, -0.15) is 0 Å². The molecule has 0 bridgehead atoms. The first kappa shape index (κ1) is 20.8. The van der Waals surface area contributed by atoms with E-state index in [2.05, 4.69) is 5.32 Å². The molecule has 1 unspecified atom stereocenters. The van der Waals surface area contributed by atoms with Crippen LogP contribution in [0.4, 0.5) is 0 Å². The van der Waals surface area contributed by atoms with Gasteiger partial charge in [0.25, 0.3) is 0 Å². The summed E-state index contributed by atoms with van der Waals surface area (Å²) in [5, 5.41) is 21.1. The fourth-order valence-electron chi connectivity index (χ4n) is 1.45. The third kappa shape index (κ3) is 10.2. The number of rotatable bonds is 10. The van der Waals surface area contributed by atoms with E-state index in [4.69, 9.17) is 15.9 Å². The monoisotopic (exact) mass is 353 g/mol. The zero-order chi connectivity index (χ0) is 18.2. The second kappa shape index (κ2) is 9.05. The van der Waals surface area contributed by atoms with Crippen molar-refractivity contribution < 1.29 is 37.8 Å². The number of nitrogens with two attached hydrogens (primary N) is 1. The van der Waals surface area contributed by atoms with Crippen LogP contribution in [0.2, 0.25) is 0 Å². The standard InChI is InChI=1S/C11H19N3O8S/c1-23(21,22)5-7(10(18)13-4-9(16)17)14-8(15)3-2-6(12)11(19)20/h6-7H,2-5,12H2,1H3,(H,13,18)(H,14,15)(H,16,17)(H,19,20)/t6?,7-/m0/s1. The molecule has 2 atom stereocenters. The van der Waals surface area contributed by atoms with Crippen LogP contribution in [-0.2, 0) is 29.0 Å². The number of nitrogens with one attached hydrogen (secondary N) is 2. The van der Waals surface area contributed by atoms with E-state index >= 15 is 0 Å². The molecule has 0 heterocycles. The molecule has 12 heteroatoms. The van der Waals surface area contributed by atoms with Crippen LogP contribution < -0.4 is 16.4 Å². The lowest BCUT2D eigenvalue weighted by molar-refractivity contribution is -0.139. The first-order valence-electron chi connectivity index (χ1n) is 6.37. The number of carbonyl (C=O) groups excluding carboxylic acids is 2. The van der Waals surface area contributed by atoms with E-state index in [0.717, 1.165) is 6.26 Å². The maximum absolute atomic E-state index is 11.7. The molecular weight excluding hydrogens is 334 g/mol. The minimum atomic E-state index is -3.64. The van der Waals surface area contributed by atoms with Crippen molar-refractivity contribution in [1.82, 2.24) is 10.6 Å². The molecule has 0 aliphatic carbocycles. The molecule has 0 aliphatic heterocycles. The normalized spacial score (nSPS) is 13.7. The molecular formula is C11H19N3O8S. The van der Waals surface area contributed by atoms with Crippen LogP contribution in [0.15, 0.2) is 0 Å². The smallest absolute Gasteiger partial charge is 0.322 e. The highest BCUT2D eigenvalue weighted by atomic mass is 32.2. The highest BCUT2D eigenvalue weighted by Gasteiger charge is 2.25. The van der Waals surface area contributed by atoms with E-state index in [9.17, 15) is 27.6 Å². The molecule has 0 aromatic rings. The molecule has 0 spiro atoms. The van der Waals surface area contributed by atoms with Crippen molar-refractivity contribution in [3.8, 4) is 0 Å². The Labute approximate surface area is 132 Å². The van der Waals surface area contributed by atoms with Gasteiger partial charge in [0.05, 0.1) is 5.75 Å². The third-order valence-corrected chi connectivity index (χ3v) is 3.47. The van der Waals surface area contributed by atoms with Crippen LogP contribution in [0.25, 0.3) is 0 Å². The summed E-state index contributed by atoms with van der Waals surface area (Å²) in [6.45, 7) is -0.737. The summed E-state index contributed by atoms with van der Waals surface area (Å²) in [7, 11) is -3.64. The maximum Gasteiger partial charge on any atom is 0.322 e. The summed E-state index contributed by atoms with van der Waals surface area (Å²) < 4.78 is 22.6. The summed E-state index contributed by atoms with van der Waals surface area (Å²) in [6.07, 6.45) is 0.306. The van der Waals surface area contributed by atoms with Crippen LogP contribution in [0.3, 0.4) is 0 Å². The topological polar surface area (TPSA) is 193 Å². The number of aliphatic carboxylic acids is 2. The van der Waals surface area contributed by atoms with Gasteiger partial charge in [-0.15, -0.1) is 0 Å². The molecule has 132 valence electrons. The molecule has 11 nitrogen and oxygen atoms in total. The van der Waals surface area contributed by atoms with Gasteiger partial charge < -0.3 is 26.6 Å². The predicted octanol–water partition coefficient (Wildman–Crippen LogP) is -3.09. The summed E-state index contributed by atoms with van der Waals surface area (Å²) in [6, 6.07) is -2.76. The van der Waals surface area contributed by atoms with Crippen molar-refractivity contribution in [2.45, 2.75) is 24.9 Å². The molecule has 0 aliphatic rings. The second-order valence-corrected chi connectivity index (χ2v) is 6.99. The van der Waals surface area contributed by atoms with E-state index in [1.165, 1.54) is 0 Å². The number of carbonyl (C=O) groups is 4. The van der Waals surface area contributed by atoms with Gasteiger partial charge in [0.2, 0.25) is 11.8 Å². The van der Waals surface area contributed by atoms with Gasteiger partial charge in [0.15, 0.2) is 0 Å². The van der Waals surface area contributed by atoms with E-state index in [-0.39, 0.29) is 12.8 Å². The van der Waals surface area contributed by atoms with E-state index in [1.807, 2.05) is 5.32 Å².